The number of nitrogens with zero attached hydrogens (tertiary/aromatic N) is 3. The van der Waals surface area contributed by atoms with Gasteiger partial charge in [0.2, 0.25) is 0 Å². The summed E-state index contributed by atoms with van der Waals surface area (Å²) in [4.78, 5) is 33.0. The van der Waals surface area contributed by atoms with Crippen LogP contribution in [0.15, 0.2) is 36.5 Å². The average molecular weight is 411 g/mol. The van der Waals surface area contributed by atoms with Crippen molar-refractivity contribution in [3.63, 3.8) is 0 Å². The highest BCUT2D eigenvalue weighted by Crippen LogP contribution is 2.30. The molecule has 1 N–H and O–H groups in total. The second kappa shape index (κ2) is 10.1. The summed E-state index contributed by atoms with van der Waals surface area (Å²) < 4.78 is 5.32. The molecule has 0 atom stereocenters. The number of piperazine rings is 1. The average Bonchev–Trinajstić information content (AvgIpc) is 2.78. The number of hydrogen-bond acceptors (Lipinski definition) is 5. The highest BCUT2D eigenvalue weighted by atomic mass is 16.6. The molecule has 1 fully saturated rings. The van der Waals surface area contributed by atoms with Crippen LogP contribution < -0.4 is 10.2 Å². The monoisotopic (exact) mass is 410 g/mol. The fourth-order valence-corrected chi connectivity index (χ4v) is 3.54. The fraction of sp³-hybridized carbons (Fsp3) is 0.435. The summed E-state index contributed by atoms with van der Waals surface area (Å²) in [7, 11) is 1.62. The van der Waals surface area contributed by atoms with Gasteiger partial charge in [0.25, 0.3) is 5.91 Å². The molecule has 160 valence electrons. The summed E-state index contributed by atoms with van der Waals surface area (Å²) >= 11 is 0. The van der Waals surface area contributed by atoms with Gasteiger partial charge in [0.15, 0.2) is 0 Å². The Morgan fingerprint density at radius 1 is 1.13 bits per heavy atom. The molecule has 1 aliphatic rings. The lowest BCUT2D eigenvalue weighted by atomic mass is 9.97. The van der Waals surface area contributed by atoms with Gasteiger partial charge in [-0.15, -0.1) is 0 Å². The third kappa shape index (κ3) is 4.90. The van der Waals surface area contributed by atoms with Crippen LogP contribution in [0.2, 0.25) is 0 Å². The summed E-state index contributed by atoms with van der Waals surface area (Å²) in [5, 5.41) is 2.70. The SMILES string of the molecule is CCCCOC(=O)N1CCN(c2cc(-c3ccccc3C)c(C(=O)NC)cn2)CC1. The minimum absolute atomic E-state index is 0.160. The largest absolute Gasteiger partial charge is 0.449 e. The molecule has 2 heterocycles. The molecular weight excluding hydrogens is 380 g/mol. The number of pyridine rings is 1. The quantitative estimate of drug-likeness (QED) is 0.738. The van der Waals surface area contributed by atoms with E-state index in [2.05, 4.69) is 22.1 Å². The van der Waals surface area contributed by atoms with E-state index in [0.717, 1.165) is 35.3 Å². The van der Waals surface area contributed by atoms with Crippen LogP contribution in [-0.4, -0.2) is 61.7 Å². The Bertz CT molecular complexity index is 892. The molecule has 30 heavy (non-hydrogen) atoms. The number of carbonyl (C=O) groups is 2. The zero-order valence-corrected chi connectivity index (χ0v) is 18.0. The van der Waals surface area contributed by atoms with Gasteiger partial charge in [-0.3, -0.25) is 4.79 Å². The topological polar surface area (TPSA) is 74.8 Å². The van der Waals surface area contributed by atoms with Crippen LogP contribution in [0.4, 0.5) is 10.6 Å². The zero-order valence-electron chi connectivity index (χ0n) is 18.0. The van der Waals surface area contributed by atoms with E-state index in [1.54, 1.807) is 18.1 Å². The van der Waals surface area contributed by atoms with Crippen LogP contribution in [0.25, 0.3) is 11.1 Å². The summed E-state index contributed by atoms with van der Waals surface area (Å²) in [5.74, 6) is 0.645. The number of benzene rings is 1. The number of aromatic nitrogens is 1. The van der Waals surface area contributed by atoms with Gasteiger partial charge in [0.1, 0.15) is 5.82 Å². The Morgan fingerprint density at radius 2 is 1.87 bits per heavy atom. The zero-order chi connectivity index (χ0) is 21.5. The van der Waals surface area contributed by atoms with E-state index in [1.807, 2.05) is 37.3 Å². The van der Waals surface area contributed by atoms with E-state index in [-0.39, 0.29) is 12.0 Å². The summed E-state index contributed by atoms with van der Waals surface area (Å²) in [6.45, 7) is 7.09. The molecule has 7 nitrogen and oxygen atoms in total. The maximum Gasteiger partial charge on any atom is 0.409 e. The van der Waals surface area contributed by atoms with E-state index in [1.165, 1.54) is 0 Å². The van der Waals surface area contributed by atoms with Gasteiger partial charge < -0.3 is 19.9 Å². The van der Waals surface area contributed by atoms with Crippen LogP contribution in [0.3, 0.4) is 0 Å². The molecule has 0 spiro atoms. The third-order valence-electron chi connectivity index (χ3n) is 5.38. The highest BCUT2D eigenvalue weighted by Gasteiger charge is 2.24. The molecule has 1 saturated heterocycles. The van der Waals surface area contributed by atoms with Gasteiger partial charge in [-0.25, -0.2) is 9.78 Å². The van der Waals surface area contributed by atoms with Crippen LogP contribution in [-0.2, 0) is 4.74 Å². The Balaban J connectivity index is 1.78. The van der Waals surface area contributed by atoms with Crippen LogP contribution in [0, 0.1) is 6.92 Å². The molecule has 7 heteroatoms. The van der Waals surface area contributed by atoms with Crippen LogP contribution >= 0.6 is 0 Å². The van der Waals surface area contributed by atoms with Crippen molar-refractivity contribution in [1.82, 2.24) is 15.2 Å². The fourth-order valence-electron chi connectivity index (χ4n) is 3.54. The second-order valence-electron chi connectivity index (χ2n) is 7.42. The smallest absolute Gasteiger partial charge is 0.409 e. The van der Waals surface area contributed by atoms with E-state index >= 15 is 0 Å². The normalized spacial score (nSPS) is 13.8. The van der Waals surface area contributed by atoms with E-state index in [0.29, 0.717) is 38.3 Å². The highest BCUT2D eigenvalue weighted by molar-refractivity contribution is 6.01. The second-order valence-corrected chi connectivity index (χ2v) is 7.42. The number of carbonyl (C=O) groups excluding carboxylic acids is 2. The van der Waals surface area contributed by atoms with Gasteiger partial charge in [-0.2, -0.15) is 0 Å². The number of ether oxygens (including phenoxy) is 1. The predicted molar refractivity (Wildman–Crippen MR) is 118 cm³/mol. The molecule has 0 saturated carbocycles. The lowest BCUT2D eigenvalue weighted by molar-refractivity contribution is 0.0960. The van der Waals surface area contributed by atoms with Gasteiger partial charge in [0, 0.05) is 39.4 Å². The first-order chi connectivity index (χ1) is 14.5. The Morgan fingerprint density at radius 3 is 2.53 bits per heavy atom. The van der Waals surface area contributed by atoms with Gasteiger partial charge in [-0.05, 0) is 36.1 Å². The van der Waals surface area contributed by atoms with E-state index in [4.69, 9.17) is 4.74 Å². The van der Waals surface area contributed by atoms with Crippen molar-refractivity contribution in [1.29, 1.82) is 0 Å². The Kier molecular flexibility index (Phi) is 7.27. The molecule has 0 aliphatic carbocycles. The summed E-state index contributed by atoms with van der Waals surface area (Å²) in [6, 6.07) is 9.98. The van der Waals surface area contributed by atoms with E-state index < -0.39 is 0 Å². The van der Waals surface area contributed by atoms with Crippen molar-refractivity contribution in [2.75, 3.05) is 44.7 Å². The molecule has 3 rings (SSSR count). The first-order valence-corrected chi connectivity index (χ1v) is 10.5. The van der Waals surface area contributed by atoms with Crippen LogP contribution in [0.5, 0.6) is 0 Å². The van der Waals surface area contributed by atoms with Gasteiger partial charge in [0.05, 0.1) is 12.2 Å². The Labute approximate surface area is 178 Å². The number of anilines is 1. The van der Waals surface area contributed by atoms with E-state index in [9.17, 15) is 9.59 Å². The number of hydrogen-bond donors (Lipinski definition) is 1. The number of rotatable bonds is 6. The first kappa shape index (κ1) is 21.6. The molecule has 0 bridgehead atoms. The molecule has 1 aliphatic heterocycles. The van der Waals surface area contributed by atoms with Gasteiger partial charge in [-0.1, -0.05) is 37.6 Å². The maximum atomic E-state index is 12.4. The number of amides is 2. The molecule has 2 aromatic rings. The molecule has 2 amide bonds. The van der Waals surface area contributed by atoms with Crippen molar-refractivity contribution in [2.24, 2.45) is 0 Å². The standard InChI is InChI=1S/C23H30N4O3/c1-4-5-14-30-23(29)27-12-10-26(11-13-27)21-15-19(18-9-7-6-8-17(18)2)20(16-25-21)22(28)24-3/h6-9,15-16H,4-5,10-14H2,1-3H3,(H,24,28). The molecule has 0 unspecified atom stereocenters. The van der Waals surface area contributed by atoms with Crippen molar-refractivity contribution < 1.29 is 14.3 Å². The summed E-state index contributed by atoms with van der Waals surface area (Å²) in [6.07, 6.45) is 3.28. The molecule has 1 aromatic heterocycles. The minimum Gasteiger partial charge on any atom is -0.449 e. The number of nitrogens with one attached hydrogen (secondary N) is 1. The maximum absolute atomic E-state index is 12.4. The van der Waals surface area contributed by atoms with Gasteiger partial charge >= 0.3 is 6.09 Å². The molecular formula is C23H30N4O3. The van der Waals surface area contributed by atoms with Crippen molar-refractivity contribution in [3.05, 3.63) is 47.7 Å². The lowest BCUT2D eigenvalue weighted by Gasteiger charge is -2.35. The van der Waals surface area contributed by atoms with Crippen molar-refractivity contribution in [2.45, 2.75) is 26.7 Å². The van der Waals surface area contributed by atoms with Crippen LogP contribution in [0.1, 0.15) is 35.7 Å². The number of aryl methyl sites for hydroxylation is 1. The van der Waals surface area contributed by atoms with Crippen molar-refractivity contribution >= 4 is 17.8 Å². The third-order valence-corrected chi connectivity index (χ3v) is 5.38. The molecule has 0 radical (unpaired) electrons. The summed E-state index contributed by atoms with van der Waals surface area (Å²) in [5.41, 5.74) is 3.52. The Hall–Kier alpha value is -3.09. The minimum atomic E-state index is -0.244. The molecule has 1 aromatic carbocycles. The van der Waals surface area contributed by atoms with Crippen molar-refractivity contribution in [3.8, 4) is 11.1 Å². The lowest BCUT2D eigenvalue weighted by Crippen LogP contribution is -2.49. The first-order valence-electron chi connectivity index (χ1n) is 10.5. The number of unbranched alkanes of at least 4 members (excludes halogenated alkanes) is 1. The predicted octanol–water partition coefficient (Wildman–Crippen LogP) is 3.48.